The lowest BCUT2D eigenvalue weighted by atomic mass is 10.0. The fourth-order valence-corrected chi connectivity index (χ4v) is 3.56. The zero-order valence-electron chi connectivity index (χ0n) is 20.2. The van der Waals surface area contributed by atoms with E-state index in [2.05, 4.69) is 20.9 Å². The summed E-state index contributed by atoms with van der Waals surface area (Å²) in [6.07, 6.45) is 0.990. The third kappa shape index (κ3) is 9.63. The standard InChI is InChI=1S/C25H34N6O5/c1-28-20(14-17-9-11-18(32)12-10-17)23(34)30-19(8-5-13-29-25(26)27)22(33)31-21(24(35)36)15-16-6-3-2-4-7-16/h2-4,6-7,9-12,19-21,28,32H,5,8,13-15H2,1H3,(H,30,34)(H,31,33)(H,35,36)(H4,26,27,29)/t19-,20+,21?/m1/s1. The molecule has 2 amide bonds. The molecule has 0 fully saturated rings. The highest BCUT2D eigenvalue weighted by Gasteiger charge is 2.28. The van der Waals surface area contributed by atoms with E-state index in [1.165, 1.54) is 12.1 Å². The summed E-state index contributed by atoms with van der Waals surface area (Å²) in [7, 11) is 1.62. The average molecular weight is 499 g/mol. The minimum Gasteiger partial charge on any atom is -0.508 e. The number of carbonyl (C=O) groups is 3. The Morgan fingerprint density at radius 1 is 0.861 bits per heavy atom. The van der Waals surface area contributed by atoms with E-state index in [9.17, 15) is 24.6 Å². The number of amides is 2. The normalized spacial score (nSPS) is 13.1. The second-order valence-corrected chi connectivity index (χ2v) is 8.31. The van der Waals surface area contributed by atoms with Crippen LogP contribution in [0.3, 0.4) is 0 Å². The summed E-state index contributed by atoms with van der Waals surface area (Å²) in [5.41, 5.74) is 12.3. The van der Waals surface area contributed by atoms with Gasteiger partial charge in [-0.2, -0.15) is 0 Å². The molecule has 0 bridgehead atoms. The van der Waals surface area contributed by atoms with E-state index in [-0.39, 0.29) is 31.1 Å². The molecule has 0 saturated heterocycles. The van der Waals surface area contributed by atoms with Crippen molar-refractivity contribution in [2.45, 2.75) is 43.8 Å². The largest absolute Gasteiger partial charge is 0.508 e. The minimum atomic E-state index is -1.18. The number of nitrogens with zero attached hydrogens (tertiary/aromatic N) is 1. The van der Waals surface area contributed by atoms with Crippen LogP contribution >= 0.6 is 0 Å². The van der Waals surface area contributed by atoms with E-state index < -0.39 is 35.9 Å². The fourth-order valence-electron chi connectivity index (χ4n) is 3.56. The summed E-state index contributed by atoms with van der Waals surface area (Å²) in [6, 6.07) is 12.6. The number of phenolic OH excluding ortho intramolecular Hbond substituents is 1. The smallest absolute Gasteiger partial charge is 0.326 e. The van der Waals surface area contributed by atoms with Crippen molar-refractivity contribution < 1.29 is 24.6 Å². The summed E-state index contributed by atoms with van der Waals surface area (Å²) in [4.78, 5) is 41.8. The highest BCUT2D eigenvalue weighted by Crippen LogP contribution is 2.12. The van der Waals surface area contributed by atoms with E-state index in [0.717, 1.165) is 11.1 Å². The van der Waals surface area contributed by atoms with E-state index >= 15 is 0 Å². The van der Waals surface area contributed by atoms with Gasteiger partial charge in [-0.1, -0.05) is 42.5 Å². The van der Waals surface area contributed by atoms with Gasteiger partial charge >= 0.3 is 5.97 Å². The number of aliphatic carboxylic acids is 1. The predicted molar refractivity (Wildman–Crippen MR) is 136 cm³/mol. The first kappa shape index (κ1) is 28.1. The number of carboxylic acids is 1. The molecule has 0 aliphatic rings. The van der Waals surface area contributed by atoms with Crippen molar-refractivity contribution in [2.24, 2.45) is 16.5 Å². The van der Waals surface area contributed by atoms with Crippen LogP contribution in [0.2, 0.25) is 0 Å². The van der Waals surface area contributed by atoms with Crippen LogP contribution in [0.1, 0.15) is 24.0 Å². The molecule has 0 aromatic heterocycles. The maximum atomic E-state index is 13.1. The van der Waals surface area contributed by atoms with Gasteiger partial charge in [0.25, 0.3) is 0 Å². The van der Waals surface area contributed by atoms with Crippen LogP contribution in [0.5, 0.6) is 5.75 Å². The topological polar surface area (TPSA) is 192 Å². The number of hydrogen-bond donors (Lipinski definition) is 7. The monoisotopic (exact) mass is 498 g/mol. The molecule has 194 valence electrons. The zero-order valence-corrected chi connectivity index (χ0v) is 20.2. The van der Waals surface area contributed by atoms with Gasteiger partial charge in [0.15, 0.2) is 5.96 Å². The Kier molecular flexibility index (Phi) is 11.2. The van der Waals surface area contributed by atoms with Gasteiger partial charge in [-0.15, -0.1) is 0 Å². The number of likely N-dealkylation sites (N-methyl/N-ethyl adjacent to an activating group) is 1. The fraction of sp³-hybridized carbons (Fsp3) is 0.360. The van der Waals surface area contributed by atoms with Crippen molar-refractivity contribution in [1.82, 2.24) is 16.0 Å². The van der Waals surface area contributed by atoms with E-state index in [1.54, 1.807) is 43.4 Å². The molecular weight excluding hydrogens is 464 g/mol. The van der Waals surface area contributed by atoms with Crippen LogP contribution in [-0.2, 0) is 27.2 Å². The van der Waals surface area contributed by atoms with Crippen LogP contribution in [-0.4, -0.2) is 65.7 Å². The van der Waals surface area contributed by atoms with Crippen molar-refractivity contribution >= 4 is 23.7 Å². The summed E-state index contributed by atoms with van der Waals surface area (Å²) < 4.78 is 0. The molecule has 0 radical (unpaired) electrons. The number of guanidine groups is 1. The van der Waals surface area contributed by atoms with Gasteiger partial charge < -0.3 is 37.6 Å². The van der Waals surface area contributed by atoms with Crippen molar-refractivity contribution in [3.8, 4) is 5.75 Å². The third-order valence-corrected chi connectivity index (χ3v) is 5.52. The third-order valence-electron chi connectivity index (χ3n) is 5.52. The highest BCUT2D eigenvalue weighted by molar-refractivity contribution is 5.92. The number of carbonyl (C=O) groups excluding carboxylic acids is 2. The second kappa shape index (κ2) is 14.3. The Balaban J connectivity index is 2.12. The summed E-state index contributed by atoms with van der Waals surface area (Å²) >= 11 is 0. The SMILES string of the molecule is CN[C@@H](Cc1ccc(O)cc1)C(=O)N[C@H](CCCN=C(N)N)C(=O)NC(Cc1ccccc1)C(=O)O. The number of aliphatic imine (C=N–C) groups is 1. The van der Waals surface area contributed by atoms with Gasteiger partial charge in [0.2, 0.25) is 11.8 Å². The van der Waals surface area contributed by atoms with Crippen LogP contribution in [0.25, 0.3) is 0 Å². The summed E-state index contributed by atoms with van der Waals surface area (Å²) in [5.74, 6) is -2.19. The first-order chi connectivity index (χ1) is 17.2. The predicted octanol–water partition coefficient (Wildman–Crippen LogP) is -0.127. The number of nitrogens with one attached hydrogen (secondary N) is 3. The van der Waals surface area contributed by atoms with Gasteiger partial charge in [-0.3, -0.25) is 14.6 Å². The minimum absolute atomic E-state index is 0.0852. The molecule has 0 aliphatic carbocycles. The van der Waals surface area contributed by atoms with Crippen molar-refractivity contribution in [3.63, 3.8) is 0 Å². The molecule has 36 heavy (non-hydrogen) atoms. The van der Waals surface area contributed by atoms with Gasteiger partial charge in [0.1, 0.15) is 17.8 Å². The second-order valence-electron chi connectivity index (χ2n) is 8.31. The molecular formula is C25H34N6O5. The van der Waals surface area contributed by atoms with Gasteiger partial charge in [0.05, 0.1) is 6.04 Å². The van der Waals surface area contributed by atoms with Gasteiger partial charge in [-0.05, 0) is 49.6 Å². The van der Waals surface area contributed by atoms with Crippen molar-refractivity contribution in [1.29, 1.82) is 0 Å². The van der Waals surface area contributed by atoms with Crippen LogP contribution in [0.15, 0.2) is 59.6 Å². The number of phenols is 1. The van der Waals surface area contributed by atoms with Gasteiger partial charge in [-0.25, -0.2) is 4.79 Å². The summed E-state index contributed by atoms with van der Waals surface area (Å²) in [6.45, 7) is 0.247. The summed E-state index contributed by atoms with van der Waals surface area (Å²) in [5, 5.41) is 27.3. The maximum absolute atomic E-state index is 13.1. The Morgan fingerprint density at radius 2 is 1.42 bits per heavy atom. The van der Waals surface area contributed by atoms with Gasteiger partial charge in [0, 0.05) is 13.0 Å². The molecule has 11 heteroatoms. The van der Waals surface area contributed by atoms with Crippen LogP contribution in [0, 0.1) is 0 Å². The lowest BCUT2D eigenvalue weighted by molar-refractivity contribution is -0.142. The quantitative estimate of drug-likeness (QED) is 0.106. The maximum Gasteiger partial charge on any atom is 0.326 e. The zero-order chi connectivity index (χ0) is 26.5. The number of carboxylic acid groups (broad SMARTS) is 1. The lowest BCUT2D eigenvalue weighted by Crippen LogP contribution is -2.55. The number of rotatable bonds is 14. The number of nitrogens with two attached hydrogens (primary N) is 2. The van der Waals surface area contributed by atoms with Crippen molar-refractivity contribution in [2.75, 3.05) is 13.6 Å². The molecule has 2 rings (SSSR count). The van der Waals surface area contributed by atoms with E-state index in [1.807, 2.05) is 6.07 Å². The Morgan fingerprint density at radius 3 is 2.00 bits per heavy atom. The van der Waals surface area contributed by atoms with Crippen LogP contribution in [0.4, 0.5) is 0 Å². The molecule has 9 N–H and O–H groups in total. The molecule has 2 aromatic rings. The Labute approximate surface area is 210 Å². The molecule has 2 aromatic carbocycles. The first-order valence-electron chi connectivity index (χ1n) is 11.6. The lowest BCUT2D eigenvalue weighted by Gasteiger charge is -2.24. The molecule has 1 unspecified atom stereocenters. The molecule has 0 aliphatic heterocycles. The van der Waals surface area contributed by atoms with E-state index in [0.29, 0.717) is 12.8 Å². The molecule has 3 atom stereocenters. The molecule has 0 heterocycles. The first-order valence-corrected chi connectivity index (χ1v) is 11.6. The number of aromatic hydroxyl groups is 1. The number of benzene rings is 2. The average Bonchev–Trinajstić information content (AvgIpc) is 2.85. The molecule has 11 nitrogen and oxygen atoms in total. The number of hydrogen-bond acceptors (Lipinski definition) is 6. The highest BCUT2D eigenvalue weighted by atomic mass is 16.4. The Hall–Kier alpha value is -4.12. The van der Waals surface area contributed by atoms with E-state index in [4.69, 9.17) is 11.5 Å². The molecule has 0 spiro atoms. The Bertz CT molecular complexity index is 1020. The molecule has 0 saturated carbocycles. The van der Waals surface area contributed by atoms with Crippen molar-refractivity contribution in [3.05, 3.63) is 65.7 Å². The van der Waals surface area contributed by atoms with Crippen LogP contribution < -0.4 is 27.4 Å².